The summed E-state index contributed by atoms with van der Waals surface area (Å²) in [5, 5.41) is 10.4. The maximum Gasteiger partial charge on any atom is 0.231 e. The Morgan fingerprint density at radius 2 is 2.23 bits per heavy atom. The van der Waals surface area contributed by atoms with E-state index in [1.54, 1.807) is 7.11 Å². The lowest BCUT2D eigenvalue weighted by Crippen LogP contribution is -2.44. The number of nitrogens with one attached hydrogen (secondary N) is 2. The molecule has 1 fully saturated rings. The second-order valence-corrected chi connectivity index (χ2v) is 6.85. The topological polar surface area (TPSA) is 89.3 Å². The van der Waals surface area contributed by atoms with E-state index in [1.807, 2.05) is 37.3 Å². The second kappa shape index (κ2) is 8.42. The maximum absolute atomic E-state index is 12.9. The lowest BCUT2D eigenvalue weighted by Gasteiger charge is -2.27. The number of rotatable bonds is 8. The van der Waals surface area contributed by atoms with Crippen LogP contribution in [0.3, 0.4) is 0 Å². The van der Waals surface area contributed by atoms with E-state index < -0.39 is 5.41 Å². The number of carbonyl (C=O) groups is 1. The Morgan fingerprint density at radius 3 is 2.92 bits per heavy atom. The van der Waals surface area contributed by atoms with Crippen molar-refractivity contribution in [2.45, 2.75) is 32.2 Å². The second-order valence-electron chi connectivity index (χ2n) is 6.85. The molecule has 2 atom stereocenters. The highest BCUT2D eigenvalue weighted by Gasteiger charge is 2.41. The fourth-order valence-corrected chi connectivity index (χ4v) is 3.26. The largest absolute Gasteiger partial charge is 0.385 e. The first-order chi connectivity index (χ1) is 12.6. The molecular weight excluding hydrogens is 332 g/mol. The maximum atomic E-state index is 12.9. The van der Waals surface area contributed by atoms with Gasteiger partial charge in [-0.05, 0) is 31.9 Å². The summed E-state index contributed by atoms with van der Waals surface area (Å²) in [6, 6.07) is 9.65. The molecule has 1 aliphatic rings. The van der Waals surface area contributed by atoms with Crippen molar-refractivity contribution in [3.8, 4) is 0 Å². The predicted octanol–water partition coefficient (Wildman–Crippen LogP) is 1.85. The number of benzene rings is 1. The Morgan fingerprint density at radius 1 is 1.42 bits per heavy atom. The van der Waals surface area contributed by atoms with E-state index in [2.05, 4.69) is 20.8 Å². The van der Waals surface area contributed by atoms with Crippen molar-refractivity contribution < 1.29 is 14.1 Å². The van der Waals surface area contributed by atoms with Crippen LogP contribution in [-0.4, -0.2) is 42.9 Å². The van der Waals surface area contributed by atoms with Crippen molar-refractivity contribution in [3.05, 3.63) is 47.6 Å². The van der Waals surface area contributed by atoms with Crippen molar-refractivity contribution in [1.82, 2.24) is 20.8 Å². The monoisotopic (exact) mass is 358 g/mol. The number of carbonyl (C=O) groups excluding carboxylic acids is 1. The molecule has 2 N–H and O–H groups in total. The van der Waals surface area contributed by atoms with Crippen LogP contribution in [0, 0.1) is 5.41 Å². The molecule has 140 valence electrons. The van der Waals surface area contributed by atoms with E-state index in [0.29, 0.717) is 37.7 Å². The average molecular weight is 358 g/mol. The summed E-state index contributed by atoms with van der Waals surface area (Å²) in [6.07, 6.45) is 2.08. The van der Waals surface area contributed by atoms with E-state index in [9.17, 15) is 4.79 Å². The Labute approximate surface area is 153 Å². The number of nitrogens with zero attached hydrogens (tertiary/aromatic N) is 2. The van der Waals surface area contributed by atoms with Crippen molar-refractivity contribution in [2.24, 2.45) is 5.41 Å². The molecule has 0 bridgehead atoms. The minimum absolute atomic E-state index is 0.0152. The Bertz CT molecular complexity index is 711. The van der Waals surface area contributed by atoms with E-state index in [1.165, 1.54) is 0 Å². The Balaban J connectivity index is 1.62. The molecule has 1 aliphatic heterocycles. The average Bonchev–Trinajstić information content (AvgIpc) is 3.31. The van der Waals surface area contributed by atoms with Crippen LogP contribution in [0.4, 0.5) is 0 Å². The molecule has 7 heteroatoms. The van der Waals surface area contributed by atoms with Gasteiger partial charge in [-0.1, -0.05) is 35.5 Å². The molecular formula is C19H26N4O3. The van der Waals surface area contributed by atoms with Crippen LogP contribution >= 0.6 is 0 Å². The number of amides is 1. The van der Waals surface area contributed by atoms with Gasteiger partial charge in [0.1, 0.15) is 0 Å². The molecule has 1 aromatic heterocycles. The van der Waals surface area contributed by atoms with Crippen molar-refractivity contribution in [3.63, 3.8) is 0 Å². The molecule has 3 rings (SSSR count). The quantitative estimate of drug-likeness (QED) is 0.749. The minimum Gasteiger partial charge on any atom is -0.385 e. The fourth-order valence-electron chi connectivity index (χ4n) is 3.26. The van der Waals surface area contributed by atoms with Crippen LogP contribution in [0.5, 0.6) is 0 Å². The first-order valence-corrected chi connectivity index (χ1v) is 9.00. The molecule has 7 nitrogen and oxygen atoms in total. The SMILES string of the molecule is COCCC1(C(=O)NC(C)c2noc(Cc3ccccc3)n2)CCNC1. The fraction of sp³-hybridized carbons (Fsp3) is 0.526. The van der Waals surface area contributed by atoms with Gasteiger partial charge in [0.2, 0.25) is 11.8 Å². The van der Waals surface area contributed by atoms with Gasteiger partial charge in [0.25, 0.3) is 0 Å². The Hall–Kier alpha value is -2.25. The van der Waals surface area contributed by atoms with Gasteiger partial charge in [-0.2, -0.15) is 4.98 Å². The minimum atomic E-state index is -0.430. The van der Waals surface area contributed by atoms with E-state index in [-0.39, 0.29) is 11.9 Å². The van der Waals surface area contributed by atoms with Gasteiger partial charge in [-0.15, -0.1) is 0 Å². The smallest absolute Gasteiger partial charge is 0.231 e. The Kier molecular flexibility index (Phi) is 6.00. The number of aromatic nitrogens is 2. The standard InChI is InChI=1S/C19H26N4O3/c1-14(21-18(24)19(9-11-25-2)8-10-20-13-19)17-22-16(26-23-17)12-15-6-4-3-5-7-15/h3-7,14,20H,8-13H2,1-2H3,(H,21,24). The molecule has 0 aliphatic carbocycles. The summed E-state index contributed by atoms with van der Waals surface area (Å²) < 4.78 is 10.5. The third kappa shape index (κ3) is 4.28. The summed E-state index contributed by atoms with van der Waals surface area (Å²) >= 11 is 0. The number of hydrogen-bond acceptors (Lipinski definition) is 6. The third-order valence-corrected chi connectivity index (χ3v) is 4.93. The molecule has 2 aromatic rings. The number of ether oxygens (including phenoxy) is 1. The number of methoxy groups -OCH3 is 1. The van der Waals surface area contributed by atoms with Gasteiger partial charge in [-0.25, -0.2) is 0 Å². The van der Waals surface area contributed by atoms with E-state index in [4.69, 9.17) is 9.26 Å². The summed E-state index contributed by atoms with van der Waals surface area (Å²) in [5.74, 6) is 1.06. The van der Waals surface area contributed by atoms with Crippen LogP contribution in [0.25, 0.3) is 0 Å². The highest BCUT2D eigenvalue weighted by atomic mass is 16.5. The third-order valence-electron chi connectivity index (χ3n) is 4.93. The van der Waals surface area contributed by atoms with Crippen LogP contribution in [0.1, 0.15) is 43.1 Å². The van der Waals surface area contributed by atoms with Crippen molar-refractivity contribution >= 4 is 5.91 Å². The zero-order valence-corrected chi connectivity index (χ0v) is 15.3. The van der Waals surface area contributed by atoms with Crippen LogP contribution in [-0.2, 0) is 16.0 Å². The van der Waals surface area contributed by atoms with Gasteiger partial charge in [-0.3, -0.25) is 4.79 Å². The van der Waals surface area contributed by atoms with Crippen LogP contribution < -0.4 is 10.6 Å². The molecule has 1 saturated heterocycles. The molecule has 0 radical (unpaired) electrons. The molecule has 1 amide bonds. The van der Waals surface area contributed by atoms with Crippen molar-refractivity contribution in [1.29, 1.82) is 0 Å². The van der Waals surface area contributed by atoms with Gasteiger partial charge >= 0.3 is 0 Å². The highest BCUT2D eigenvalue weighted by molar-refractivity contribution is 5.83. The summed E-state index contributed by atoms with van der Waals surface area (Å²) in [7, 11) is 1.66. The van der Waals surface area contributed by atoms with Crippen LogP contribution in [0.2, 0.25) is 0 Å². The summed E-state index contributed by atoms with van der Waals surface area (Å²) in [4.78, 5) is 17.3. The van der Waals surface area contributed by atoms with Gasteiger partial charge < -0.3 is 19.9 Å². The predicted molar refractivity (Wildman–Crippen MR) is 96.5 cm³/mol. The van der Waals surface area contributed by atoms with Gasteiger partial charge in [0, 0.05) is 20.3 Å². The van der Waals surface area contributed by atoms with E-state index in [0.717, 1.165) is 18.5 Å². The van der Waals surface area contributed by atoms with E-state index >= 15 is 0 Å². The molecule has 0 spiro atoms. The highest BCUT2D eigenvalue weighted by Crippen LogP contribution is 2.30. The zero-order valence-electron chi connectivity index (χ0n) is 15.3. The number of hydrogen-bond donors (Lipinski definition) is 2. The van der Waals surface area contributed by atoms with Gasteiger partial charge in [0.05, 0.1) is 17.9 Å². The molecule has 2 heterocycles. The zero-order chi connectivity index (χ0) is 18.4. The first kappa shape index (κ1) is 18.5. The first-order valence-electron chi connectivity index (χ1n) is 9.00. The lowest BCUT2D eigenvalue weighted by atomic mass is 9.82. The molecule has 0 saturated carbocycles. The molecule has 1 aromatic carbocycles. The van der Waals surface area contributed by atoms with Gasteiger partial charge in [0.15, 0.2) is 5.82 Å². The summed E-state index contributed by atoms with van der Waals surface area (Å²) in [5.41, 5.74) is 0.677. The molecule has 26 heavy (non-hydrogen) atoms. The summed E-state index contributed by atoms with van der Waals surface area (Å²) in [6.45, 7) is 3.95. The molecule has 2 unspecified atom stereocenters. The lowest BCUT2D eigenvalue weighted by molar-refractivity contribution is -0.131. The van der Waals surface area contributed by atoms with Crippen LogP contribution in [0.15, 0.2) is 34.9 Å². The van der Waals surface area contributed by atoms with Crippen molar-refractivity contribution in [2.75, 3.05) is 26.8 Å². The normalized spacial score (nSPS) is 20.8.